The number of ether oxygens (including phenoxy) is 1. The molecule has 0 aliphatic carbocycles. The van der Waals surface area contributed by atoms with Crippen LogP contribution in [-0.2, 0) is 11.3 Å². The third-order valence-electron chi connectivity index (χ3n) is 2.92. The van der Waals surface area contributed by atoms with Crippen molar-refractivity contribution in [3.63, 3.8) is 0 Å². The van der Waals surface area contributed by atoms with E-state index in [1.807, 2.05) is 0 Å². The summed E-state index contributed by atoms with van der Waals surface area (Å²) >= 11 is 0. The van der Waals surface area contributed by atoms with Gasteiger partial charge in [-0.25, -0.2) is 0 Å². The summed E-state index contributed by atoms with van der Waals surface area (Å²) in [5.41, 5.74) is 9.93. The van der Waals surface area contributed by atoms with Crippen LogP contribution in [0.4, 0.5) is 0 Å². The van der Waals surface area contributed by atoms with Gasteiger partial charge in [-0.05, 0) is 24.5 Å². The number of benzene rings is 1. The lowest BCUT2D eigenvalue weighted by atomic mass is 9.92. The maximum atomic E-state index is 6.14. The Bertz CT molecular complexity index is 335. The van der Waals surface area contributed by atoms with Gasteiger partial charge in [-0.3, -0.25) is 0 Å². The molecule has 2 N–H and O–H groups in total. The van der Waals surface area contributed by atoms with E-state index < -0.39 is 0 Å². The summed E-state index contributed by atoms with van der Waals surface area (Å²) in [4.78, 5) is 0. The highest BCUT2D eigenvalue weighted by atomic mass is 16.5. The van der Waals surface area contributed by atoms with Crippen LogP contribution >= 0.6 is 0 Å². The molecule has 0 radical (unpaired) electrons. The van der Waals surface area contributed by atoms with Gasteiger partial charge in [0.2, 0.25) is 0 Å². The molecular formula is C12H17NO. The first-order valence-electron chi connectivity index (χ1n) is 5.19. The molecule has 2 heteroatoms. The lowest BCUT2D eigenvalue weighted by Crippen LogP contribution is -2.33. The molecule has 1 aliphatic rings. The summed E-state index contributed by atoms with van der Waals surface area (Å²) in [7, 11) is 0. The molecule has 0 saturated carbocycles. The third kappa shape index (κ3) is 1.56. The number of aryl methyl sites for hydroxylation is 1. The smallest absolute Gasteiger partial charge is 0.0769 e. The van der Waals surface area contributed by atoms with Crippen molar-refractivity contribution in [1.29, 1.82) is 0 Å². The highest BCUT2D eigenvalue weighted by Gasteiger charge is 2.25. The van der Waals surface area contributed by atoms with E-state index in [4.69, 9.17) is 10.5 Å². The van der Waals surface area contributed by atoms with Crippen LogP contribution in [0, 0.1) is 6.92 Å². The number of hydrogen-bond acceptors (Lipinski definition) is 2. The van der Waals surface area contributed by atoms with E-state index in [0.717, 1.165) is 6.42 Å². The second-order valence-electron chi connectivity index (χ2n) is 3.99. The van der Waals surface area contributed by atoms with Gasteiger partial charge in [-0.2, -0.15) is 0 Å². The zero-order chi connectivity index (χ0) is 10.1. The van der Waals surface area contributed by atoms with Crippen LogP contribution < -0.4 is 5.73 Å². The highest BCUT2D eigenvalue weighted by Crippen LogP contribution is 2.29. The van der Waals surface area contributed by atoms with Gasteiger partial charge in [0.25, 0.3) is 0 Å². The summed E-state index contributed by atoms with van der Waals surface area (Å²) in [6.07, 6.45) is 1.17. The Hall–Kier alpha value is -0.860. The summed E-state index contributed by atoms with van der Waals surface area (Å²) in [6, 6.07) is 6.46. The van der Waals surface area contributed by atoms with Crippen molar-refractivity contribution in [2.75, 3.05) is 0 Å². The molecule has 0 amide bonds. The minimum Gasteiger partial charge on any atom is -0.372 e. The molecule has 0 aromatic heterocycles. The molecular weight excluding hydrogens is 174 g/mol. The van der Waals surface area contributed by atoms with Gasteiger partial charge in [0.1, 0.15) is 0 Å². The van der Waals surface area contributed by atoms with Crippen molar-refractivity contribution in [2.24, 2.45) is 5.73 Å². The van der Waals surface area contributed by atoms with E-state index in [2.05, 4.69) is 32.0 Å². The van der Waals surface area contributed by atoms with Crippen LogP contribution in [0.15, 0.2) is 18.2 Å². The molecule has 1 aromatic carbocycles. The average molecular weight is 191 g/mol. The van der Waals surface area contributed by atoms with Crippen molar-refractivity contribution < 1.29 is 4.74 Å². The quantitative estimate of drug-likeness (QED) is 0.739. The predicted molar refractivity (Wildman–Crippen MR) is 57.0 cm³/mol. The van der Waals surface area contributed by atoms with Crippen LogP contribution in [-0.4, -0.2) is 6.10 Å². The predicted octanol–water partition coefficient (Wildman–Crippen LogP) is 2.30. The van der Waals surface area contributed by atoms with Crippen LogP contribution in [0.25, 0.3) is 0 Å². The molecule has 2 rings (SSSR count). The summed E-state index contributed by atoms with van der Waals surface area (Å²) in [6.45, 7) is 4.93. The van der Waals surface area contributed by atoms with Gasteiger partial charge in [-0.15, -0.1) is 0 Å². The maximum absolute atomic E-state index is 6.14. The van der Waals surface area contributed by atoms with E-state index in [0.29, 0.717) is 6.61 Å². The molecule has 0 saturated heterocycles. The SMILES string of the molecule is CC[C@@H]1OCc2ccc(C)cc2[C@H]1N. The Morgan fingerprint density at radius 1 is 1.50 bits per heavy atom. The van der Waals surface area contributed by atoms with Gasteiger partial charge in [0, 0.05) is 0 Å². The Labute approximate surface area is 85.1 Å². The number of hydrogen-bond donors (Lipinski definition) is 1. The molecule has 1 aliphatic heterocycles. The van der Waals surface area contributed by atoms with Crippen LogP contribution in [0.1, 0.15) is 36.1 Å². The summed E-state index contributed by atoms with van der Waals surface area (Å²) in [5.74, 6) is 0. The molecule has 1 aromatic rings. The fourth-order valence-electron chi connectivity index (χ4n) is 2.03. The molecule has 0 fully saturated rings. The molecule has 0 unspecified atom stereocenters. The highest BCUT2D eigenvalue weighted by molar-refractivity contribution is 5.35. The lowest BCUT2D eigenvalue weighted by Gasteiger charge is -2.30. The van der Waals surface area contributed by atoms with Gasteiger partial charge < -0.3 is 10.5 Å². The van der Waals surface area contributed by atoms with Crippen LogP contribution in [0.2, 0.25) is 0 Å². The Kier molecular flexibility index (Phi) is 2.57. The molecule has 0 spiro atoms. The lowest BCUT2D eigenvalue weighted by molar-refractivity contribution is 0.00678. The topological polar surface area (TPSA) is 35.2 Å². The minimum absolute atomic E-state index is 0.0450. The molecule has 0 bridgehead atoms. The van der Waals surface area contributed by atoms with Crippen molar-refractivity contribution in [3.8, 4) is 0 Å². The largest absolute Gasteiger partial charge is 0.372 e. The Morgan fingerprint density at radius 3 is 3.00 bits per heavy atom. The second-order valence-corrected chi connectivity index (χ2v) is 3.99. The van der Waals surface area contributed by atoms with Crippen molar-refractivity contribution in [2.45, 2.75) is 39.0 Å². The van der Waals surface area contributed by atoms with Gasteiger partial charge >= 0.3 is 0 Å². The first-order valence-corrected chi connectivity index (χ1v) is 5.19. The Balaban J connectivity index is 2.38. The average Bonchev–Trinajstić information content (AvgIpc) is 2.20. The monoisotopic (exact) mass is 191 g/mol. The van der Waals surface area contributed by atoms with Crippen LogP contribution in [0.3, 0.4) is 0 Å². The van der Waals surface area contributed by atoms with Crippen LogP contribution in [0.5, 0.6) is 0 Å². The zero-order valence-corrected chi connectivity index (χ0v) is 8.79. The van der Waals surface area contributed by atoms with E-state index in [9.17, 15) is 0 Å². The first-order chi connectivity index (χ1) is 6.72. The first kappa shape index (κ1) is 9.69. The maximum Gasteiger partial charge on any atom is 0.0769 e. The molecule has 2 atom stereocenters. The normalized spacial score (nSPS) is 25.9. The van der Waals surface area contributed by atoms with Crippen molar-refractivity contribution in [3.05, 3.63) is 34.9 Å². The Morgan fingerprint density at radius 2 is 2.29 bits per heavy atom. The molecule has 76 valence electrons. The van der Waals surface area contributed by atoms with Gasteiger partial charge in [0.05, 0.1) is 18.8 Å². The molecule has 2 nitrogen and oxygen atoms in total. The van der Waals surface area contributed by atoms with Gasteiger partial charge in [0.15, 0.2) is 0 Å². The zero-order valence-electron chi connectivity index (χ0n) is 8.79. The molecule has 14 heavy (non-hydrogen) atoms. The number of fused-ring (bicyclic) bond motifs is 1. The number of nitrogens with two attached hydrogens (primary N) is 1. The van der Waals surface area contributed by atoms with E-state index >= 15 is 0 Å². The van der Waals surface area contributed by atoms with E-state index in [1.165, 1.54) is 16.7 Å². The summed E-state index contributed by atoms with van der Waals surface area (Å²) < 4.78 is 5.68. The van der Waals surface area contributed by atoms with Gasteiger partial charge in [-0.1, -0.05) is 30.7 Å². The second kappa shape index (κ2) is 3.71. The standard InChI is InChI=1S/C12H17NO/c1-3-11-12(13)10-6-8(2)4-5-9(10)7-14-11/h4-6,11-12H,3,7,13H2,1-2H3/t11-,12+/m0/s1. The number of rotatable bonds is 1. The fraction of sp³-hybridized carbons (Fsp3) is 0.500. The van der Waals surface area contributed by atoms with E-state index in [-0.39, 0.29) is 12.1 Å². The van der Waals surface area contributed by atoms with E-state index in [1.54, 1.807) is 0 Å². The minimum atomic E-state index is 0.0450. The summed E-state index contributed by atoms with van der Waals surface area (Å²) in [5, 5.41) is 0. The van der Waals surface area contributed by atoms with Crippen molar-refractivity contribution >= 4 is 0 Å². The fourth-order valence-corrected chi connectivity index (χ4v) is 2.03. The third-order valence-corrected chi connectivity index (χ3v) is 2.92. The molecule has 1 heterocycles. The van der Waals surface area contributed by atoms with Crippen molar-refractivity contribution in [1.82, 2.24) is 0 Å².